The van der Waals surface area contributed by atoms with E-state index < -0.39 is 5.92 Å². The van der Waals surface area contributed by atoms with Crippen LogP contribution in [0.4, 0.5) is 0 Å². The summed E-state index contributed by atoms with van der Waals surface area (Å²) in [7, 11) is 0. The number of pyridine rings is 1. The van der Waals surface area contributed by atoms with Crippen LogP contribution in [0.3, 0.4) is 0 Å². The third-order valence-corrected chi connectivity index (χ3v) is 6.74. The Morgan fingerprint density at radius 3 is 2.82 bits per heavy atom. The Hall–Kier alpha value is -1.39. The zero-order valence-corrected chi connectivity index (χ0v) is 20.0. The molecule has 0 aliphatic heterocycles. The quantitative estimate of drug-likeness (QED) is 0.209. The molecule has 1 atom stereocenters. The second-order valence-electron chi connectivity index (χ2n) is 6.00. The third-order valence-electron chi connectivity index (χ3n) is 4.19. The number of carbonyl (C=O) groups is 1. The average molecular weight is 572 g/mol. The molecule has 0 radical (unpaired) electrons. The monoisotopic (exact) mass is 571 g/mol. The molecule has 3 aromatic heterocycles. The lowest BCUT2D eigenvalue weighted by atomic mass is 9.94. The van der Waals surface area contributed by atoms with E-state index in [1.807, 2.05) is 30.5 Å². The van der Waals surface area contributed by atoms with Crippen molar-refractivity contribution >= 4 is 55.8 Å². The predicted octanol–water partition coefficient (Wildman–Crippen LogP) is 5.61. The maximum Gasteiger partial charge on any atom is 0.320 e. The summed E-state index contributed by atoms with van der Waals surface area (Å²) in [6.45, 7) is 4.23. The summed E-state index contributed by atoms with van der Waals surface area (Å²) < 4.78 is 7.20. The van der Waals surface area contributed by atoms with E-state index in [9.17, 15) is 4.79 Å². The predicted molar refractivity (Wildman–Crippen MR) is 122 cm³/mol. The van der Waals surface area contributed by atoms with E-state index in [4.69, 9.17) is 4.74 Å². The van der Waals surface area contributed by atoms with Gasteiger partial charge in [-0.05, 0) is 75.4 Å². The molecule has 3 aromatic rings. The fraction of sp³-hybridized carbons (Fsp3) is 0.300. The van der Waals surface area contributed by atoms with Crippen LogP contribution in [0, 0.1) is 3.70 Å². The van der Waals surface area contributed by atoms with E-state index in [0.29, 0.717) is 6.61 Å². The lowest BCUT2D eigenvalue weighted by molar-refractivity contribution is -0.143. The van der Waals surface area contributed by atoms with Gasteiger partial charge in [0.05, 0.1) is 18.0 Å². The van der Waals surface area contributed by atoms with Gasteiger partial charge in [0, 0.05) is 26.7 Å². The second kappa shape index (κ2) is 9.89. The first-order valence-corrected chi connectivity index (χ1v) is 11.7. The Morgan fingerprint density at radius 1 is 1.29 bits per heavy atom. The highest BCUT2D eigenvalue weighted by Gasteiger charge is 2.32. The first kappa shape index (κ1) is 21.3. The lowest BCUT2D eigenvalue weighted by Crippen LogP contribution is -2.21. The number of halogens is 2. The fourth-order valence-corrected chi connectivity index (χ4v) is 5.15. The van der Waals surface area contributed by atoms with Crippen molar-refractivity contribution < 1.29 is 9.53 Å². The van der Waals surface area contributed by atoms with E-state index >= 15 is 0 Å². The van der Waals surface area contributed by atoms with Gasteiger partial charge in [-0.15, -0.1) is 11.3 Å². The van der Waals surface area contributed by atoms with Crippen LogP contribution >= 0.6 is 49.9 Å². The molecular formula is C20H19BrIN3O2S. The van der Waals surface area contributed by atoms with Crippen molar-refractivity contribution in [3.05, 3.63) is 60.4 Å². The van der Waals surface area contributed by atoms with Gasteiger partial charge >= 0.3 is 5.97 Å². The molecule has 146 valence electrons. The zero-order valence-electron chi connectivity index (χ0n) is 15.5. The van der Waals surface area contributed by atoms with Crippen LogP contribution in [0.2, 0.25) is 0 Å². The molecule has 0 saturated heterocycles. The Balaban J connectivity index is 2.20. The van der Waals surface area contributed by atoms with E-state index in [1.165, 1.54) is 17.7 Å². The van der Waals surface area contributed by atoms with Gasteiger partial charge in [0.25, 0.3) is 0 Å². The Kier molecular flexibility index (Phi) is 7.53. The van der Waals surface area contributed by atoms with Gasteiger partial charge in [-0.1, -0.05) is 13.3 Å². The van der Waals surface area contributed by atoms with E-state index in [-0.39, 0.29) is 5.97 Å². The number of thiophene rings is 1. The highest BCUT2D eigenvalue weighted by atomic mass is 127. The molecular weight excluding hydrogens is 553 g/mol. The number of rotatable bonds is 7. The average Bonchev–Trinajstić information content (AvgIpc) is 3.14. The summed E-state index contributed by atoms with van der Waals surface area (Å²) >= 11 is 7.30. The molecule has 0 saturated carbocycles. The fourth-order valence-electron chi connectivity index (χ4n) is 3.03. The van der Waals surface area contributed by atoms with Crippen LogP contribution in [0.5, 0.6) is 0 Å². The van der Waals surface area contributed by atoms with Gasteiger partial charge in [-0.25, -0.2) is 9.97 Å². The third kappa shape index (κ3) is 4.44. The molecule has 8 heteroatoms. The highest BCUT2D eigenvalue weighted by Crippen LogP contribution is 2.40. The van der Waals surface area contributed by atoms with Crippen LogP contribution in [0.1, 0.15) is 42.3 Å². The van der Waals surface area contributed by atoms with Crippen LogP contribution in [0.25, 0.3) is 11.3 Å². The minimum Gasteiger partial charge on any atom is -0.465 e. The molecule has 3 heterocycles. The number of hydrogen-bond donors (Lipinski definition) is 0. The Morgan fingerprint density at radius 2 is 2.11 bits per heavy atom. The standard InChI is InChI=1S/C20H19BrIN3O2S/c1-3-6-13-17(24-11-25-19(13)22)15(20(26)27-4-2)18-12(8-10-28-18)16-14(21)7-5-9-23-16/h5,7-11,15H,3-4,6H2,1-2H3. The van der Waals surface area contributed by atoms with Crippen LogP contribution in [-0.4, -0.2) is 27.5 Å². The molecule has 0 N–H and O–H groups in total. The molecule has 0 aliphatic carbocycles. The van der Waals surface area contributed by atoms with Crippen molar-refractivity contribution in [2.45, 2.75) is 32.6 Å². The molecule has 5 nitrogen and oxygen atoms in total. The highest BCUT2D eigenvalue weighted by molar-refractivity contribution is 14.1. The molecule has 28 heavy (non-hydrogen) atoms. The summed E-state index contributed by atoms with van der Waals surface area (Å²) in [6.07, 6.45) is 5.01. The molecule has 0 spiro atoms. The van der Waals surface area contributed by atoms with Gasteiger partial charge in [0.1, 0.15) is 15.9 Å². The molecule has 0 aliphatic rings. The van der Waals surface area contributed by atoms with Crippen LogP contribution in [-0.2, 0) is 16.0 Å². The van der Waals surface area contributed by atoms with Crippen LogP contribution < -0.4 is 0 Å². The van der Waals surface area contributed by atoms with E-state index in [2.05, 4.69) is 60.4 Å². The van der Waals surface area contributed by atoms with Gasteiger partial charge in [-0.3, -0.25) is 9.78 Å². The molecule has 3 rings (SSSR count). The number of ether oxygens (including phenoxy) is 1. The van der Waals surface area contributed by atoms with Crippen molar-refractivity contribution in [1.29, 1.82) is 0 Å². The summed E-state index contributed by atoms with van der Waals surface area (Å²) in [5, 5.41) is 1.98. The van der Waals surface area contributed by atoms with Gasteiger partial charge in [-0.2, -0.15) is 0 Å². The minimum atomic E-state index is -0.609. The number of nitrogens with zero attached hydrogens (tertiary/aromatic N) is 3. The van der Waals surface area contributed by atoms with Crippen LogP contribution in [0.15, 0.2) is 40.6 Å². The van der Waals surface area contributed by atoms with Crippen molar-refractivity contribution in [2.75, 3.05) is 6.61 Å². The number of hydrogen-bond acceptors (Lipinski definition) is 6. The maximum atomic E-state index is 13.1. The number of esters is 1. The molecule has 0 fully saturated rings. The summed E-state index contributed by atoms with van der Waals surface area (Å²) in [4.78, 5) is 27.3. The Bertz CT molecular complexity index is 980. The smallest absolute Gasteiger partial charge is 0.320 e. The topological polar surface area (TPSA) is 65.0 Å². The molecule has 0 bridgehead atoms. The zero-order chi connectivity index (χ0) is 20.1. The SMILES string of the molecule is CCCc1c(I)ncnc1C(C(=O)OCC)c1sccc1-c1ncccc1Br. The minimum absolute atomic E-state index is 0.301. The largest absolute Gasteiger partial charge is 0.465 e. The normalized spacial score (nSPS) is 12.0. The molecule has 0 aromatic carbocycles. The second-order valence-corrected chi connectivity index (χ2v) is 8.82. The lowest BCUT2D eigenvalue weighted by Gasteiger charge is -2.19. The van der Waals surface area contributed by atoms with Gasteiger partial charge in [0.2, 0.25) is 0 Å². The maximum absolute atomic E-state index is 13.1. The summed E-state index contributed by atoms with van der Waals surface area (Å²) in [5.74, 6) is -0.910. The van der Waals surface area contributed by atoms with Gasteiger partial charge in [0.15, 0.2) is 0 Å². The summed E-state index contributed by atoms with van der Waals surface area (Å²) in [5.41, 5.74) is 3.43. The van der Waals surface area contributed by atoms with Crippen molar-refractivity contribution in [3.8, 4) is 11.3 Å². The summed E-state index contributed by atoms with van der Waals surface area (Å²) in [6, 6.07) is 5.80. The van der Waals surface area contributed by atoms with E-state index in [0.717, 1.165) is 48.4 Å². The van der Waals surface area contributed by atoms with Crippen molar-refractivity contribution in [1.82, 2.24) is 15.0 Å². The van der Waals surface area contributed by atoms with Crippen molar-refractivity contribution in [2.24, 2.45) is 0 Å². The molecule has 0 amide bonds. The number of aromatic nitrogens is 3. The van der Waals surface area contributed by atoms with Crippen molar-refractivity contribution in [3.63, 3.8) is 0 Å². The van der Waals surface area contributed by atoms with Gasteiger partial charge < -0.3 is 4.74 Å². The van der Waals surface area contributed by atoms with E-state index in [1.54, 1.807) is 6.20 Å². The Labute approximate surface area is 190 Å². The first-order chi connectivity index (χ1) is 13.6. The first-order valence-electron chi connectivity index (χ1n) is 8.92. The molecule has 1 unspecified atom stereocenters. The number of carbonyl (C=O) groups excluding carboxylic acids is 1.